The Morgan fingerprint density at radius 1 is 1.00 bits per heavy atom. The van der Waals surface area contributed by atoms with E-state index in [1.54, 1.807) is 35.7 Å². The zero-order chi connectivity index (χ0) is 18.3. The number of hydrogen-bond donors (Lipinski definition) is 1. The molecule has 2 amide bonds. The lowest BCUT2D eigenvalue weighted by molar-refractivity contribution is 0.0924. The molecule has 0 unspecified atom stereocenters. The fourth-order valence-electron chi connectivity index (χ4n) is 2.63. The van der Waals surface area contributed by atoms with Gasteiger partial charge in [-0.2, -0.15) is 0 Å². The summed E-state index contributed by atoms with van der Waals surface area (Å²) in [4.78, 5) is 30.0. The van der Waals surface area contributed by atoms with Crippen molar-refractivity contribution in [3.8, 4) is 0 Å². The van der Waals surface area contributed by atoms with E-state index in [4.69, 9.17) is 0 Å². The number of nitrogens with one attached hydrogen (secondary N) is 1. The molecular formula is C17H11N3O4S2. The standard InChI is InChI=1S/C17H11N3O4S2/c21-16-13-6-2-8-18-15(13)17(22)20(16)12-5-1-4-11(10-12)19-26(23,24)14-7-3-9-25-14/h1-10,19H. The summed E-state index contributed by atoms with van der Waals surface area (Å²) in [6.45, 7) is 0. The van der Waals surface area contributed by atoms with Crippen LogP contribution in [0.1, 0.15) is 20.8 Å². The third kappa shape index (κ3) is 2.67. The van der Waals surface area contributed by atoms with Crippen LogP contribution >= 0.6 is 11.3 Å². The molecule has 130 valence electrons. The van der Waals surface area contributed by atoms with Gasteiger partial charge < -0.3 is 0 Å². The van der Waals surface area contributed by atoms with Gasteiger partial charge in [-0.05, 0) is 41.8 Å². The van der Waals surface area contributed by atoms with Gasteiger partial charge in [-0.1, -0.05) is 12.1 Å². The van der Waals surface area contributed by atoms with Crippen LogP contribution in [0, 0.1) is 0 Å². The Morgan fingerprint density at radius 3 is 2.58 bits per heavy atom. The Bertz CT molecular complexity index is 1090. The molecule has 1 aliphatic rings. The van der Waals surface area contributed by atoms with E-state index in [1.165, 1.54) is 24.4 Å². The Hall–Kier alpha value is -3.04. The van der Waals surface area contributed by atoms with Crippen molar-refractivity contribution in [2.75, 3.05) is 9.62 Å². The maximum atomic E-state index is 12.5. The quantitative estimate of drug-likeness (QED) is 0.697. The third-order valence-corrected chi connectivity index (χ3v) is 6.54. The number of thiophene rings is 1. The van der Waals surface area contributed by atoms with Crippen molar-refractivity contribution in [2.45, 2.75) is 4.21 Å². The van der Waals surface area contributed by atoms with Gasteiger partial charge in [0.15, 0.2) is 0 Å². The average Bonchev–Trinajstić information content (AvgIpc) is 3.24. The zero-order valence-electron chi connectivity index (χ0n) is 13.1. The van der Waals surface area contributed by atoms with Gasteiger partial charge in [-0.15, -0.1) is 11.3 Å². The molecule has 1 aliphatic heterocycles. The molecule has 0 spiro atoms. The number of rotatable bonds is 4. The van der Waals surface area contributed by atoms with Gasteiger partial charge in [0, 0.05) is 6.20 Å². The molecular weight excluding hydrogens is 374 g/mol. The molecule has 0 bridgehead atoms. The summed E-state index contributed by atoms with van der Waals surface area (Å²) in [5, 5.41) is 1.66. The number of carbonyl (C=O) groups excluding carboxylic acids is 2. The van der Waals surface area contributed by atoms with E-state index in [0.29, 0.717) is 0 Å². The van der Waals surface area contributed by atoms with E-state index < -0.39 is 21.8 Å². The van der Waals surface area contributed by atoms with Gasteiger partial charge in [-0.25, -0.2) is 13.3 Å². The van der Waals surface area contributed by atoms with E-state index >= 15 is 0 Å². The number of aromatic nitrogens is 1. The molecule has 7 nitrogen and oxygen atoms in total. The Morgan fingerprint density at radius 2 is 1.85 bits per heavy atom. The first-order valence-corrected chi connectivity index (χ1v) is 9.84. The number of fused-ring (bicyclic) bond motifs is 1. The number of benzene rings is 1. The summed E-state index contributed by atoms with van der Waals surface area (Å²) in [5.41, 5.74) is 0.828. The first-order valence-electron chi connectivity index (χ1n) is 7.47. The number of sulfonamides is 1. The highest BCUT2D eigenvalue weighted by molar-refractivity contribution is 7.94. The fraction of sp³-hybridized carbons (Fsp3) is 0. The average molecular weight is 385 g/mol. The van der Waals surface area contributed by atoms with E-state index in [9.17, 15) is 18.0 Å². The SMILES string of the molecule is O=C1c2cccnc2C(=O)N1c1cccc(NS(=O)(=O)c2cccs2)c1. The second-order valence-electron chi connectivity index (χ2n) is 5.43. The second-order valence-corrected chi connectivity index (χ2v) is 8.29. The van der Waals surface area contributed by atoms with Crippen molar-refractivity contribution >= 4 is 44.5 Å². The number of nitrogens with zero attached hydrogens (tertiary/aromatic N) is 2. The first kappa shape index (κ1) is 16.4. The summed E-state index contributed by atoms with van der Waals surface area (Å²) in [7, 11) is -3.72. The lowest BCUT2D eigenvalue weighted by Gasteiger charge is -2.15. The number of imide groups is 1. The fourth-order valence-corrected chi connectivity index (χ4v) is 4.67. The zero-order valence-corrected chi connectivity index (χ0v) is 14.8. The van der Waals surface area contributed by atoms with E-state index in [1.807, 2.05) is 0 Å². The van der Waals surface area contributed by atoms with Crippen LogP contribution < -0.4 is 9.62 Å². The van der Waals surface area contributed by atoms with Crippen molar-refractivity contribution in [2.24, 2.45) is 0 Å². The van der Waals surface area contributed by atoms with Gasteiger partial charge in [0.25, 0.3) is 21.8 Å². The summed E-state index contributed by atoms with van der Waals surface area (Å²) >= 11 is 1.09. The number of anilines is 2. The summed E-state index contributed by atoms with van der Waals surface area (Å²) in [6, 6.07) is 12.4. The number of amides is 2. The molecule has 0 aliphatic carbocycles. The van der Waals surface area contributed by atoms with Crippen molar-refractivity contribution in [1.82, 2.24) is 4.98 Å². The minimum Gasteiger partial charge on any atom is -0.279 e. The maximum absolute atomic E-state index is 12.5. The highest BCUT2D eigenvalue weighted by Crippen LogP contribution is 2.29. The normalized spacial score (nSPS) is 13.8. The molecule has 1 aromatic carbocycles. The molecule has 4 rings (SSSR count). The lowest BCUT2D eigenvalue weighted by atomic mass is 10.2. The van der Waals surface area contributed by atoms with Crippen LogP contribution in [0.2, 0.25) is 0 Å². The van der Waals surface area contributed by atoms with Gasteiger partial charge >= 0.3 is 0 Å². The number of hydrogen-bond acceptors (Lipinski definition) is 6. The molecule has 26 heavy (non-hydrogen) atoms. The smallest absolute Gasteiger partial charge is 0.279 e. The summed E-state index contributed by atoms with van der Waals surface area (Å²) in [6.07, 6.45) is 1.44. The van der Waals surface area contributed by atoms with Crippen molar-refractivity contribution in [1.29, 1.82) is 0 Å². The molecule has 1 N–H and O–H groups in total. The first-order chi connectivity index (χ1) is 12.5. The van der Waals surface area contributed by atoms with E-state index in [0.717, 1.165) is 16.2 Å². The monoisotopic (exact) mass is 385 g/mol. The molecule has 3 aromatic rings. The van der Waals surface area contributed by atoms with Gasteiger partial charge in [-0.3, -0.25) is 19.3 Å². The van der Waals surface area contributed by atoms with Gasteiger partial charge in [0.05, 0.1) is 16.9 Å². The van der Waals surface area contributed by atoms with Crippen LogP contribution in [0.25, 0.3) is 0 Å². The largest absolute Gasteiger partial charge is 0.284 e. The van der Waals surface area contributed by atoms with Crippen molar-refractivity contribution in [3.05, 3.63) is 71.4 Å². The molecule has 0 saturated carbocycles. The highest BCUT2D eigenvalue weighted by atomic mass is 32.2. The van der Waals surface area contributed by atoms with Gasteiger partial charge in [0.2, 0.25) is 0 Å². The Kier molecular flexibility index (Phi) is 3.82. The molecule has 0 atom stereocenters. The van der Waals surface area contributed by atoms with Crippen LogP contribution in [0.15, 0.2) is 64.3 Å². The lowest BCUT2D eigenvalue weighted by Crippen LogP contribution is -2.29. The summed E-state index contributed by atoms with van der Waals surface area (Å²) < 4.78 is 27.3. The van der Waals surface area contributed by atoms with Gasteiger partial charge in [0.1, 0.15) is 9.90 Å². The van der Waals surface area contributed by atoms with Crippen LogP contribution in [0.4, 0.5) is 11.4 Å². The molecule has 2 aromatic heterocycles. The predicted octanol–water partition coefficient (Wildman–Crippen LogP) is 2.74. The summed E-state index contributed by atoms with van der Waals surface area (Å²) in [5.74, 6) is -1.03. The molecule has 0 saturated heterocycles. The molecule has 3 heterocycles. The highest BCUT2D eigenvalue weighted by Gasteiger charge is 2.37. The van der Waals surface area contributed by atoms with Crippen molar-refractivity contribution in [3.63, 3.8) is 0 Å². The minimum atomic E-state index is -3.72. The maximum Gasteiger partial charge on any atom is 0.284 e. The topological polar surface area (TPSA) is 96.4 Å². The molecule has 0 radical (unpaired) electrons. The van der Waals surface area contributed by atoms with Crippen LogP contribution in [-0.2, 0) is 10.0 Å². The number of carbonyl (C=O) groups is 2. The Labute approximate surface area is 153 Å². The van der Waals surface area contributed by atoms with Crippen LogP contribution in [0.5, 0.6) is 0 Å². The molecule has 9 heteroatoms. The predicted molar refractivity (Wildman–Crippen MR) is 96.9 cm³/mol. The van der Waals surface area contributed by atoms with Crippen molar-refractivity contribution < 1.29 is 18.0 Å². The number of pyridine rings is 1. The van der Waals surface area contributed by atoms with Crippen LogP contribution in [0.3, 0.4) is 0 Å². The Balaban J connectivity index is 1.67. The molecule has 0 fully saturated rings. The third-order valence-electron chi connectivity index (χ3n) is 3.76. The second kappa shape index (κ2) is 6.04. The van der Waals surface area contributed by atoms with E-state index in [-0.39, 0.29) is 26.8 Å². The van der Waals surface area contributed by atoms with Crippen LogP contribution in [-0.4, -0.2) is 25.2 Å². The minimum absolute atomic E-state index is 0.0852. The van der Waals surface area contributed by atoms with E-state index in [2.05, 4.69) is 9.71 Å².